The zero-order valence-electron chi connectivity index (χ0n) is 16.2. The van der Waals surface area contributed by atoms with Crippen molar-refractivity contribution in [2.45, 2.75) is 52.6 Å². The minimum atomic E-state index is -0.00578. The topological polar surface area (TPSA) is 71.5 Å². The van der Waals surface area contributed by atoms with Crippen LogP contribution in [0.4, 0.5) is 5.95 Å². The maximum atomic E-state index is 12.6. The van der Waals surface area contributed by atoms with Crippen molar-refractivity contribution >= 4 is 11.9 Å². The van der Waals surface area contributed by atoms with Crippen LogP contribution in [0.2, 0.25) is 0 Å². The molecule has 1 aliphatic heterocycles. The van der Waals surface area contributed by atoms with E-state index in [0.29, 0.717) is 25.6 Å². The van der Waals surface area contributed by atoms with E-state index in [9.17, 15) is 4.79 Å². The fraction of sp³-hybridized carbons (Fsp3) is 0.778. The monoisotopic (exact) mass is 349 g/mol. The molecule has 7 nitrogen and oxygen atoms in total. The van der Waals surface area contributed by atoms with E-state index in [1.165, 1.54) is 0 Å². The fourth-order valence-electron chi connectivity index (χ4n) is 3.22. The van der Waals surface area contributed by atoms with Gasteiger partial charge in [-0.2, -0.15) is 5.10 Å². The molecule has 0 spiro atoms. The molecule has 1 aromatic rings. The molecule has 0 radical (unpaired) electrons. The maximum Gasteiger partial charge on any atom is 0.245 e. The first-order chi connectivity index (χ1) is 12.0. The van der Waals surface area contributed by atoms with Crippen molar-refractivity contribution in [1.29, 1.82) is 0 Å². The molecular weight excluding hydrogens is 318 g/mol. The molecule has 0 aliphatic carbocycles. The number of aryl methyl sites for hydroxylation is 2. The zero-order valence-corrected chi connectivity index (χ0v) is 16.2. The fourth-order valence-corrected chi connectivity index (χ4v) is 3.22. The number of hydrogen-bond acceptors (Lipinski definition) is 6. The summed E-state index contributed by atoms with van der Waals surface area (Å²) in [5.74, 6) is 0.784. The average molecular weight is 349 g/mol. The number of aromatic nitrogens is 3. The number of rotatable bonds is 8. The van der Waals surface area contributed by atoms with Gasteiger partial charge in [-0.3, -0.25) is 4.79 Å². The third-order valence-electron chi connectivity index (χ3n) is 4.92. The molecule has 1 saturated heterocycles. The number of ether oxygens (including phenoxy) is 1. The van der Waals surface area contributed by atoms with Gasteiger partial charge < -0.3 is 14.5 Å². The highest BCUT2D eigenvalue weighted by Gasteiger charge is 2.34. The van der Waals surface area contributed by atoms with Crippen LogP contribution in [0.25, 0.3) is 0 Å². The van der Waals surface area contributed by atoms with E-state index in [-0.39, 0.29) is 17.9 Å². The van der Waals surface area contributed by atoms with Crippen LogP contribution in [0.15, 0.2) is 0 Å². The number of anilines is 1. The second-order valence-electron chi connectivity index (χ2n) is 6.61. The quantitative estimate of drug-likeness (QED) is 0.711. The molecule has 2 rings (SSSR count). The summed E-state index contributed by atoms with van der Waals surface area (Å²) in [6, 6.07) is 0. The molecule has 140 valence electrons. The van der Waals surface area contributed by atoms with Crippen molar-refractivity contribution in [3.8, 4) is 0 Å². The lowest BCUT2D eigenvalue weighted by molar-refractivity contribution is -0.135. The van der Waals surface area contributed by atoms with Gasteiger partial charge in [-0.1, -0.05) is 20.8 Å². The van der Waals surface area contributed by atoms with Crippen LogP contribution < -0.4 is 4.90 Å². The molecule has 2 atom stereocenters. The van der Waals surface area contributed by atoms with Crippen LogP contribution in [0.1, 0.15) is 45.0 Å². The Morgan fingerprint density at radius 2 is 1.84 bits per heavy atom. The Morgan fingerprint density at radius 3 is 2.48 bits per heavy atom. The van der Waals surface area contributed by atoms with Gasteiger partial charge >= 0.3 is 0 Å². The summed E-state index contributed by atoms with van der Waals surface area (Å²) in [5, 5.41) is 8.51. The lowest BCUT2D eigenvalue weighted by Crippen LogP contribution is -2.40. The van der Waals surface area contributed by atoms with E-state index in [1.54, 1.807) is 4.90 Å². The summed E-state index contributed by atoms with van der Waals surface area (Å²) in [6.07, 6.45) is 3.45. The standard InChI is InChI=1S/C18H31N5O2/c1-6-14-15(7-2)20-21-18(19-14)23(5)11-10-22(4)17(24)13-9-12-25-16(13)8-3/h13,16H,6-12H2,1-5H3/t13-,16+/m1/s1. The van der Waals surface area contributed by atoms with Gasteiger partial charge in [0.2, 0.25) is 11.9 Å². The van der Waals surface area contributed by atoms with Gasteiger partial charge in [0, 0.05) is 33.8 Å². The molecule has 25 heavy (non-hydrogen) atoms. The van der Waals surface area contributed by atoms with E-state index in [2.05, 4.69) is 36.0 Å². The largest absolute Gasteiger partial charge is 0.377 e. The van der Waals surface area contributed by atoms with E-state index >= 15 is 0 Å². The Balaban J connectivity index is 1.92. The molecule has 0 saturated carbocycles. The lowest BCUT2D eigenvalue weighted by Gasteiger charge is -2.26. The van der Waals surface area contributed by atoms with Gasteiger partial charge in [-0.05, 0) is 25.7 Å². The molecule has 0 bridgehead atoms. The molecule has 7 heteroatoms. The summed E-state index contributed by atoms with van der Waals surface area (Å²) >= 11 is 0. The molecule has 0 aromatic carbocycles. The van der Waals surface area contributed by atoms with E-state index < -0.39 is 0 Å². The van der Waals surface area contributed by atoms with E-state index in [4.69, 9.17) is 4.74 Å². The van der Waals surface area contributed by atoms with Crippen LogP contribution in [0.3, 0.4) is 0 Å². The predicted molar refractivity (Wildman–Crippen MR) is 97.6 cm³/mol. The molecule has 0 unspecified atom stereocenters. The Kier molecular flexibility index (Phi) is 7.11. The number of likely N-dealkylation sites (N-methyl/N-ethyl adjacent to an activating group) is 2. The van der Waals surface area contributed by atoms with Gasteiger partial charge in [-0.15, -0.1) is 5.10 Å². The molecule has 0 N–H and O–H groups in total. The van der Waals surface area contributed by atoms with Gasteiger partial charge in [-0.25, -0.2) is 4.98 Å². The highest BCUT2D eigenvalue weighted by Crippen LogP contribution is 2.25. The number of carbonyl (C=O) groups is 1. The molecule has 2 heterocycles. The number of amides is 1. The van der Waals surface area contributed by atoms with Crippen LogP contribution in [-0.2, 0) is 22.4 Å². The summed E-state index contributed by atoms with van der Waals surface area (Å²) in [6.45, 7) is 8.19. The van der Waals surface area contributed by atoms with Crippen molar-refractivity contribution in [1.82, 2.24) is 20.1 Å². The Labute approximate surface area is 150 Å². The molecule has 1 aromatic heterocycles. The Bertz CT molecular complexity index is 581. The van der Waals surface area contributed by atoms with Gasteiger partial charge in [0.15, 0.2) is 0 Å². The zero-order chi connectivity index (χ0) is 18.4. The van der Waals surface area contributed by atoms with Crippen molar-refractivity contribution < 1.29 is 9.53 Å². The van der Waals surface area contributed by atoms with Crippen LogP contribution in [-0.4, -0.2) is 65.9 Å². The Morgan fingerprint density at radius 1 is 1.12 bits per heavy atom. The lowest BCUT2D eigenvalue weighted by atomic mass is 9.98. The van der Waals surface area contributed by atoms with E-state index in [0.717, 1.165) is 37.1 Å². The van der Waals surface area contributed by atoms with Gasteiger partial charge in [0.05, 0.1) is 23.4 Å². The first-order valence-electron chi connectivity index (χ1n) is 9.31. The maximum absolute atomic E-state index is 12.6. The number of hydrogen-bond donors (Lipinski definition) is 0. The van der Waals surface area contributed by atoms with E-state index in [1.807, 2.05) is 19.0 Å². The van der Waals surface area contributed by atoms with Crippen LogP contribution in [0.5, 0.6) is 0 Å². The third kappa shape index (κ3) is 4.66. The normalized spacial score (nSPS) is 19.9. The first kappa shape index (κ1) is 19.6. The number of carbonyl (C=O) groups excluding carboxylic acids is 1. The summed E-state index contributed by atoms with van der Waals surface area (Å²) < 4.78 is 5.64. The minimum Gasteiger partial charge on any atom is -0.377 e. The minimum absolute atomic E-state index is 0.00578. The summed E-state index contributed by atoms with van der Waals surface area (Å²) in [7, 11) is 3.80. The first-order valence-corrected chi connectivity index (χ1v) is 9.31. The van der Waals surface area contributed by atoms with Gasteiger partial charge in [0.25, 0.3) is 0 Å². The van der Waals surface area contributed by atoms with Crippen LogP contribution in [0, 0.1) is 5.92 Å². The van der Waals surface area contributed by atoms with Crippen molar-refractivity contribution in [2.75, 3.05) is 38.7 Å². The third-order valence-corrected chi connectivity index (χ3v) is 4.92. The average Bonchev–Trinajstić information content (AvgIpc) is 3.13. The molecular formula is C18H31N5O2. The molecule has 1 fully saturated rings. The summed E-state index contributed by atoms with van der Waals surface area (Å²) in [4.78, 5) is 21.0. The predicted octanol–water partition coefficient (Wildman–Crippen LogP) is 1.71. The highest BCUT2D eigenvalue weighted by molar-refractivity contribution is 5.79. The SMILES string of the molecule is CCc1nnc(N(C)CCN(C)C(=O)[C@@H]2CCO[C@H]2CC)nc1CC. The summed E-state index contributed by atoms with van der Waals surface area (Å²) in [5.41, 5.74) is 1.96. The van der Waals surface area contributed by atoms with Crippen LogP contribution >= 0.6 is 0 Å². The van der Waals surface area contributed by atoms with Crippen molar-refractivity contribution in [2.24, 2.45) is 5.92 Å². The van der Waals surface area contributed by atoms with Gasteiger partial charge in [0.1, 0.15) is 0 Å². The molecule has 1 aliphatic rings. The number of nitrogens with zero attached hydrogens (tertiary/aromatic N) is 5. The molecule has 1 amide bonds. The van der Waals surface area contributed by atoms with Crippen molar-refractivity contribution in [3.63, 3.8) is 0 Å². The van der Waals surface area contributed by atoms with Crippen molar-refractivity contribution in [3.05, 3.63) is 11.4 Å². The second kappa shape index (κ2) is 9.08. The highest BCUT2D eigenvalue weighted by atomic mass is 16.5. The smallest absolute Gasteiger partial charge is 0.245 e. The second-order valence-corrected chi connectivity index (χ2v) is 6.61. The Hall–Kier alpha value is -1.76.